The van der Waals surface area contributed by atoms with Gasteiger partial charge in [-0.2, -0.15) is 5.10 Å². The molecule has 1 aliphatic rings. The molecule has 0 bridgehead atoms. The molecule has 5 nitrogen and oxygen atoms in total. The van der Waals surface area contributed by atoms with E-state index in [1.54, 1.807) is 6.20 Å². The summed E-state index contributed by atoms with van der Waals surface area (Å²) in [4.78, 5) is 6.77. The average molecular weight is 297 g/mol. The van der Waals surface area contributed by atoms with Crippen LogP contribution in [-0.4, -0.2) is 33.7 Å². The van der Waals surface area contributed by atoms with Crippen molar-refractivity contribution in [3.05, 3.63) is 48.3 Å². The summed E-state index contributed by atoms with van der Waals surface area (Å²) in [7, 11) is 0. The van der Waals surface area contributed by atoms with Gasteiger partial charge in [0.2, 0.25) is 0 Å². The first kappa shape index (κ1) is 14.6. The van der Waals surface area contributed by atoms with Crippen LogP contribution in [0.15, 0.2) is 47.7 Å². The van der Waals surface area contributed by atoms with Crippen molar-refractivity contribution in [2.24, 2.45) is 16.6 Å². The first-order valence-electron chi connectivity index (χ1n) is 7.86. The topological polar surface area (TPSA) is 59.4 Å². The molecule has 1 atom stereocenters. The maximum absolute atomic E-state index is 6.15. The molecule has 0 amide bonds. The summed E-state index contributed by atoms with van der Waals surface area (Å²) in [6.07, 6.45) is 6.20. The molecular weight excluding hydrogens is 274 g/mol. The van der Waals surface area contributed by atoms with Gasteiger partial charge in [0.05, 0.1) is 12.2 Å². The van der Waals surface area contributed by atoms with Gasteiger partial charge in [-0.1, -0.05) is 19.1 Å². The Morgan fingerprint density at radius 1 is 1.41 bits per heavy atom. The Morgan fingerprint density at radius 3 is 3.09 bits per heavy atom. The van der Waals surface area contributed by atoms with E-state index in [1.165, 1.54) is 12.8 Å². The van der Waals surface area contributed by atoms with Gasteiger partial charge < -0.3 is 10.6 Å². The highest BCUT2D eigenvalue weighted by atomic mass is 15.3. The third-order valence-corrected chi connectivity index (χ3v) is 4.08. The second-order valence-corrected chi connectivity index (χ2v) is 5.99. The van der Waals surface area contributed by atoms with Crippen molar-refractivity contribution >= 4 is 5.96 Å². The summed E-state index contributed by atoms with van der Waals surface area (Å²) in [5.41, 5.74) is 8.33. The van der Waals surface area contributed by atoms with Gasteiger partial charge in [0, 0.05) is 25.5 Å². The molecule has 2 heterocycles. The van der Waals surface area contributed by atoms with Crippen LogP contribution >= 0.6 is 0 Å². The van der Waals surface area contributed by atoms with Crippen molar-refractivity contribution < 1.29 is 0 Å². The highest BCUT2D eigenvalue weighted by Crippen LogP contribution is 2.15. The van der Waals surface area contributed by atoms with Crippen molar-refractivity contribution in [3.8, 4) is 5.69 Å². The molecular formula is C17H23N5. The molecule has 116 valence electrons. The highest BCUT2D eigenvalue weighted by Gasteiger charge is 2.17. The molecule has 0 saturated carbocycles. The smallest absolute Gasteiger partial charge is 0.191 e. The number of guanidine groups is 1. The van der Waals surface area contributed by atoms with Gasteiger partial charge in [0.25, 0.3) is 0 Å². The number of nitrogens with zero attached hydrogens (tertiary/aromatic N) is 4. The number of piperidine rings is 1. The molecule has 1 aromatic carbocycles. The van der Waals surface area contributed by atoms with Crippen LogP contribution in [0.1, 0.15) is 25.3 Å². The molecule has 2 N–H and O–H groups in total. The number of hydrogen-bond donors (Lipinski definition) is 1. The van der Waals surface area contributed by atoms with Gasteiger partial charge in [0.15, 0.2) is 5.96 Å². The molecule has 1 aromatic heterocycles. The Morgan fingerprint density at radius 2 is 2.32 bits per heavy atom. The molecule has 0 radical (unpaired) electrons. The quantitative estimate of drug-likeness (QED) is 0.699. The van der Waals surface area contributed by atoms with E-state index in [0.29, 0.717) is 18.4 Å². The number of benzene rings is 1. The summed E-state index contributed by atoms with van der Waals surface area (Å²) in [5.74, 6) is 1.36. The van der Waals surface area contributed by atoms with Crippen molar-refractivity contribution in [2.45, 2.75) is 26.3 Å². The number of rotatable bonds is 3. The maximum Gasteiger partial charge on any atom is 0.191 e. The molecule has 0 aliphatic carbocycles. The van der Waals surface area contributed by atoms with Crippen LogP contribution in [0, 0.1) is 5.92 Å². The fourth-order valence-electron chi connectivity index (χ4n) is 2.89. The van der Waals surface area contributed by atoms with Gasteiger partial charge in [-0.3, -0.25) is 0 Å². The van der Waals surface area contributed by atoms with Crippen LogP contribution in [0.2, 0.25) is 0 Å². The summed E-state index contributed by atoms with van der Waals surface area (Å²) < 4.78 is 1.85. The lowest BCUT2D eigenvalue weighted by Gasteiger charge is -2.31. The molecule has 1 fully saturated rings. The van der Waals surface area contributed by atoms with E-state index < -0.39 is 0 Å². The Bertz CT molecular complexity index is 632. The summed E-state index contributed by atoms with van der Waals surface area (Å²) in [6.45, 7) is 4.91. The first-order chi connectivity index (χ1) is 10.7. The molecule has 1 aliphatic heterocycles. The van der Waals surface area contributed by atoms with Crippen molar-refractivity contribution in [1.82, 2.24) is 14.7 Å². The van der Waals surface area contributed by atoms with Crippen molar-refractivity contribution in [2.75, 3.05) is 13.1 Å². The maximum atomic E-state index is 6.15. The van der Waals surface area contributed by atoms with Crippen LogP contribution in [0.4, 0.5) is 0 Å². The van der Waals surface area contributed by atoms with E-state index >= 15 is 0 Å². The van der Waals surface area contributed by atoms with Crippen LogP contribution < -0.4 is 5.73 Å². The van der Waals surface area contributed by atoms with E-state index in [9.17, 15) is 0 Å². The molecule has 5 heteroatoms. The second-order valence-electron chi connectivity index (χ2n) is 5.99. The number of hydrogen-bond acceptors (Lipinski definition) is 2. The predicted molar refractivity (Wildman–Crippen MR) is 88.9 cm³/mol. The van der Waals surface area contributed by atoms with Gasteiger partial charge in [-0.05, 0) is 42.5 Å². The Balaban J connectivity index is 1.68. The summed E-state index contributed by atoms with van der Waals surface area (Å²) in [6, 6.07) is 10.2. The van der Waals surface area contributed by atoms with Crippen LogP contribution in [0.25, 0.3) is 5.69 Å². The lowest BCUT2D eigenvalue weighted by molar-refractivity contribution is 0.270. The van der Waals surface area contributed by atoms with E-state index in [2.05, 4.69) is 34.0 Å². The third kappa shape index (κ3) is 3.47. The predicted octanol–water partition coefficient (Wildman–Crippen LogP) is 2.42. The zero-order chi connectivity index (χ0) is 15.4. The minimum atomic E-state index is 0.603. The molecule has 1 saturated heterocycles. The fourth-order valence-corrected chi connectivity index (χ4v) is 2.89. The summed E-state index contributed by atoms with van der Waals surface area (Å²) in [5, 5.41) is 4.25. The standard InChI is InChI=1S/C17H23N5/c1-14-5-3-9-21(13-14)17(18)19-12-15-6-2-7-16(11-15)22-10-4-8-20-22/h2,4,6-8,10-11,14H,3,5,9,12-13H2,1H3,(H2,18,19). The lowest BCUT2D eigenvalue weighted by Crippen LogP contribution is -2.43. The molecule has 1 unspecified atom stereocenters. The van der Waals surface area contributed by atoms with Gasteiger partial charge in [-0.15, -0.1) is 0 Å². The van der Waals surface area contributed by atoms with Crippen LogP contribution in [-0.2, 0) is 6.54 Å². The Labute approximate surface area is 131 Å². The van der Waals surface area contributed by atoms with Gasteiger partial charge in [0.1, 0.15) is 0 Å². The highest BCUT2D eigenvalue weighted by molar-refractivity contribution is 5.78. The largest absolute Gasteiger partial charge is 0.370 e. The fraction of sp³-hybridized carbons (Fsp3) is 0.412. The SMILES string of the molecule is CC1CCCN(C(N)=NCc2cccc(-n3cccn3)c2)C1. The van der Waals surface area contributed by atoms with Crippen molar-refractivity contribution in [1.29, 1.82) is 0 Å². The molecule has 0 spiro atoms. The number of aliphatic imine (C=N–C) groups is 1. The van der Waals surface area contributed by atoms with E-state index in [0.717, 1.165) is 24.3 Å². The monoisotopic (exact) mass is 297 g/mol. The first-order valence-corrected chi connectivity index (χ1v) is 7.86. The zero-order valence-electron chi connectivity index (χ0n) is 13.0. The number of nitrogens with two attached hydrogens (primary N) is 1. The average Bonchev–Trinajstić information content (AvgIpc) is 3.07. The number of likely N-dealkylation sites (tertiary alicyclic amines) is 1. The van der Waals surface area contributed by atoms with Crippen LogP contribution in [0.3, 0.4) is 0 Å². The number of aromatic nitrogens is 2. The van der Waals surface area contributed by atoms with E-state index in [4.69, 9.17) is 5.73 Å². The third-order valence-electron chi connectivity index (χ3n) is 4.08. The van der Waals surface area contributed by atoms with Gasteiger partial charge >= 0.3 is 0 Å². The normalized spacial score (nSPS) is 19.4. The summed E-state index contributed by atoms with van der Waals surface area (Å²) >= 11 is 0. The minimum absolute atomic E-state index is 0.603. The van der Waals surface area contributed by atoms with Crippen LogP contribution in [0.5, 0.6) is 0 Å². The second kappa shape index (κ2) is 6.64. The lowest BCUT2D eigenvalue weighted by atomic mass is 10.0. The van der Waals surface area contributed by atoms with Gasteiger partial charge in [-0.25, -0.2) is 9.67 Å². The van der Waals surface area contributed by atoms with E-state index in [-0.39, 0.29) is 0 Å². The molecule has 22 heavy (non-hydrogen) atoms. The molecule has 3 rings (SSSR count). The molecule has 2 aromatic rings. The van der Waals surface area contributed by atoms with E-state index in [1.807, 2.05) is 29.1 Å². The minimum Gasteiger partial charge on any atom is -0.370 e. The Kier molecular flexibility index (Phi) is 4.42. The van der Waals surface area contributed by atoms with Crippen molar-refractivity contribution in [3.63, 3.8) is 0 Å². The Hall–Kier alpha value is -2.30. The zero-order valence-corrected chi connectivity index (χ0v) is 13.0.